The Morgan fingerprint density at radius 2 is 2.03 bits per heavy atom. The number of nitrogens with one attached hydrogen (secondary N) is 1. The van der Waals surface area contributed by atoms with Gasteiger partial charge in [-0.2, -0.15) is 0 Å². The van der Waals surface area contributed by atoms with Crippen LogP contribution in [0, 0.1) is 0 Å². The summed E-state index contributed by atoms with van der Waals surface area (Å²) in [6, 6.07) is 9.52. The minimum atomic E-state index is -0.465. The Bertz CT molecular complexity index is 1450. The van der Waals surface area contributed by atoms with E-state index in [1.54, 1.807) is 28.3 Å². The van der Waals surface area contributed by atoms with E-state index in [-0.39, 0.29) is 17.7 Å². The molecule has 0 saturated carbocycles. The fourth-order valence-corrected chi connectivity index (χ4v) is 4.10. The Labute approximate surface area is 182 Å². The van der Waals surface area contributed by atoms with E-state index in [0.717, 1.165) is 27.9 Å². The molecule has 158 valence electrons. The number of hydrogen-bond acceptors (Lipinski definition) is 7. The molecule has 1 aliphatic rings. The second-order valence-electron chi connectivity index (χ2n) is 7.71. The third-order valence-electron chi connectivity index (χ3n) is 5.65. The molecule has 1 aromatic carbocycles. The van der Waals surface area contributed by atoms with Gasteiger partial charge in [0.25, 0.3) is 5.89 Å². The lowest BCUT2D eigenvalue weighted by molar-refractivity contribution is 0.0647. The van der Waals surface area contributed by atoms with Gasteiger partial charge < -0.3 is 18.9 Å². The van der Waals surface area contributed by atoms with Crippen LogP contribution in [-0.4, -0.2) is 52.1 Å². The summed E-state index contributed by atoms with van der Waals surface area (Å²) in [4.78, 5) is 31.7. The van der Waals surface area contributed by atoms with Crippen LogP contribution in [0.25, 0.3) is 22.4 Å². The molecule has 0 unspecified atom stereocenters. The van der Waals surface area contributed by atoms with Crippen molar-refractivity contribution >= 4 is 16.7 Å². The van der Waals surface area contributed by atoms with Crippen LogP contribution in [0.1, 0.15) is 33.8 Å². The van der Waals surface area contributed by atoms with Crippen molar-refractivity contribution in [1.82, 2.24) is 39.6 Å². The number of rotatable bonds is 3. The molecule has 1 aliphatic heterocycles. The van der Waals surface area contributed by atoms with Crippen molar-refractivity contribution in [3.63, 3.8) is 0 Å². The van der Waals surface area contributed by atoms with Crippen LogP contribution in [0.5, 0.6) is 0 Å². The van der Waals surface area contributed by atoms with Gasteiger partial charge in [0.15, 0.2) is 0 Å². The highest BCUT2D eigenvalue weighted by molar-refractivity contribution is 5.90. The van der Waals surface area contributed by atoms with E-state index >= 15 is 0 Å². The highest BCUT2D eigenvalue weighted by Gasteiger charge is 2.37. The molecule has 5 aromatic rings. The monoisotopic (exact) mass is 426 g/mol. The molecule has 0 spiro atoms. The lowest BCUT2D eigenvalue weighted by Gasteiger charge is -2.33. The number of imidazole rings is 2. The van der Waals surface area contributed by atoms with Gasteiger partial charge in [0.05, 0.1) is 24.0 Å². The van der Waals surface area contributed by atoms with Gasteiger partial charge >= 0.3 is 11.8 Å². The summed E-state index contributed by atoms with van der Waals surface area (Å²) in [5.74, 6) is -0.254. The first-order valence-electron chi connectivity index (χ1n) is 10.2. The van der Waals surface area contributed by atoms with E-state index in [1.807, 2.05) is 43.6 Å². The average Bonchev–Trinajstić information content (AvgIpc) is 3.58. The number of aromatic nitrogens is 7. The maximum absolute atomic E-state index is 13.5. The number of carbonyl (C=O) groups is 1. The summed E-state index contributed by atoms with van der Waals surface area (Å²) in [5.41, 5.74) is 3.01. The molecule has 6 rings (SSSR count). The topological polar surface area (TPSA) is 119 Å². The van der Waals surface area contributed by atoms with E-state index in [9.17, 15) is 4.79 Å². The summed E-state index contributed by atoms with van der Waals surface area (Å²) in [6.07, 6.45) is 7.50. The Kier molecular flexibility index (Phi) is 4.10. The predicted molar refractivity (Wildman–Crippen MR) is 113 cm³/mol. The van der Waals surface area contributed by atoms with E-state index in [4.69, 9.17) is 4.42 Å². The second kappa shape index (κ2) is 7.12. The van der Waals surface area contributed by atoms with Gasteiger partial charge in [0.2, 0.25) is 0 Å². The Hall–Kier alpha value is -4.34. The van der Waals surface area contributed by atoms with Gasteiger partial charge in [-0.05, 0) is 11.5 Å². The van der Waals surface area contributed by atoms with Gasteiger partial charge in [-0.3, -0.25) is 9.78 Å². The molecule has 0 fully saturated rings. The van der Waals surface area contributed by atoms with Crippen LogP contribution in [0.2, 0.25) is 0 Å². The first-order chi connectivity index (χ1) is 15.7. The van der Waals surface area contributed by atoms with Gasteiger partial charge in [-0.15, -0.1) is 10.2 Å². The highest BCUT2D eigenvalue weighted by atomic mass is 16.4. The van der Waals surface area contributed by atoms with Crippen molar-refractivity contribution in [3.8, 4) is 11.6 Å². The molecular weight excluding hydrogens is 408 g/mol. The zero-order chi connectivity index (χ0) is 21.7. The van der Waals surface area contributed by atoms with Crippen molar-refractivity contribution in [3.05, 3.63) is 78.4 Å². The summed E-state index contributed by atoms with van der Waals surface area (Å²) in [7, 11) is 1.84. The number of pyridine rings is 1. The Morgan fingerprint density at radius 3 is 2.88 bits per heavy atom. The molecule has 0 bridgehead atoms. The number of aryl methyl sites for hydroxylation is 1. The third-order valence-corrected chi connectivity index (χ3v) is 5.65. The molecule has 4 aromatic heterocycles. The fourth-order valence-electron chi connectivity index (χ4n) is 4.10. The van der Waals surface area contributed by atoms with Gasteiger partial charge in [0.1, 0.15) is 11.7 Å². The Balaban J connectivity index is 1.40. The summed E-state index contributed by atoms with van der Waals surface area (Å²) in [6.45, 7) is 0.467. The molecule has 32 heavy (non-hydrogen) atoms. The quantitative estimate of drug-likeness (QED) is 0.471. The van der Waals surface area contributed by atoms with Crippen LogP contribution in [0.3, 0.4) is 0 Å². The number of amides is 1. The lowest BCUT2D eigenvalue weighted by Crippen LogP contribution is -2.41. The molecule has 5 heterocycles. The van der Waals surface area contributed by atoms with Crippen molar-refractivity contribution in [1.29, 1.82) is 0 Å². The zero-order valence-electron chi connectivity index (χ0n) is 17.1. The van der Waals surface area contributed by atoms with Crippen molar-refractivity contribution < 1.29 is 9.21 Å². The van der Waals surface area contributed by atoms with E-state index < -0.39 is 6.04 Å². The summed E-state index contributed by atoms with van der Waals surface area (Å²) < 4.78 is 7.45. The van der Waals surface area contributed by atoms with E-state index in [2.05, 4.69) is 30.1 Å². The van der Waals surface area contributed by atoms with E-state index in [0.29, 0.717) is 18.7 Å². The van der Waals surface area contributed by atoms with Gasteiger partial charge in [-0.25, -0.2) is 9.97 Å². The number of hydrogen-bond donors (Lipinski definition) is 1. The molecule has 0 saturated heterocycles. The van der Waals surface area contributed by atoms with Gasteiger partial charge in [-0.1, -0.05) is 24.3 Å². The number of carbonyl (C=O) groups excluding carboxylic acids is 1. The van der Waals surface area contributed by atoms with Crippen molar-refractivity contribution in [2.24, 2.45) is 7.05 Å². The summed E-state index contributed by atoms with van der Waals surface area (Å²) >= 11 is 0. The van der Waals surface area contributed by atoms with Crippen LogP contribution < -0.4 is 0 Å². The van der Waals surface area contributed by atoms with Crippen LogP contribution in [0.4, 0.5) is 0 Å². The first kappa shape index (κ1) is 18.4. The zero-order valence-corrected chi connectivity index (χ0v) is 17.1. The molecule has 10 nitrogen and oxygen atoms in total. The summed E-state index contributed by atoms with van der Waals surface area (Å²) in [5, 5.41) is 10.1. The number of fused-ring (bicyclic) bond motifs is 2. The minimum Gasteiger partial charge on any atom is -0.411 e. The van der Waals surface area contributed by atoms with Crippen LogP contribution in [-0.2, 0) is 13.5 Å². The lowest BCUT2D eigenvalue weighted by atomic mass is 9.98. The average molecular weight is 426 g/mol. The number of benzene rings is 1. The number of H-pyrrole nitrogens is 1. The second-order valence-corrected chi connectivity index (χ2v) is 7.71. The SMILES string of the molecule is Cn1cnc(-c2nnc(C(=O)N3CCc4[nH]cnc4[C@H]3c3cc4ccccc4cn3)o2)c1. The predicted octanol–water partition coefficient (Wildman–Crippen LogP) is 2.53. The molecule has 0 aliphatic carbocycles. The first-order valence-corrected chi connectivity index (χ1v) is 10.2. The van der Waals surface area contributed by atoms with Crippen LogP contribution in [0.15, 0.2) is 59.8 Å². The number of nitrogens with zero attached hydrogens (tertiary/aromatic N) is 7. The molecule has 0 radical (unpaired) electrons. The largest absolute Gasteiger partial charge is 0.411 e. The Morgan fingerprint density at radius 1 is 1.16 bits per heavy atom. The molecular formula is C22H18N8O2. The maximum atomic E-state index is 13.5. The molecule has 10 heteroatoms. The molecule has 1 amide bonds. The highest BCUT2D eigenvalue weighted by Crippen LogP contribution is 2.34. The third kappa shape index (κ3) is 2.96. The molecule has 1 N–H and O–H groups in total. The fraction of sp³-hybridized carbons (Fsp3) is 0.182. The standard InChI is InChI=1S/C22H18N8O2/c1-29-10-17(26-12-29)20-27-28-21(32-20)22(31)30-7-6-15-18(25-11-24-15)19(30)16-8-13-4-2-3-5-14(13)9-23-16/h2-5,8-12,19H,6-7H2,1H3,(H,24,25)/t19-/m1/s1. The van der Waals surface area contributed by atoms with Gasteiger partial charge in [0, 0.05) is 43.5 Å². The van der Waals surface area contributed by atoms with Crippen molar-refractivity contribution in [2.45, 2.75) is 12.5 Å². The maximum Gasteiger partial charge on any atom is 0.312 e. The normalized spacial score (nSPS) is 15.8. The van der Waals surface area contributed by atoms with E-state index in [1.165, 1.54) is 0 Å². The number of aromatic amines is 1. The van der Waals surface area contributed by atoms with Crippen molar-refractivity contribution in [2.75, 3.05) is 6.54 Å². The molecule has 1 atom stereocenters. The smallest absolute Gasteiger partial charge is 0.312 e. The minimum absolute atomic E-state index is 0.0876. The van der Waals surface area contributed by atoms with Crippen LogP contribution >= 0.6 is 0 Å².